The quantitative estimate of drug-likeness (QED) is 0.329. The fourth-order valence-electron chi connectivity index (χ4n) is 2.99. The van der Waals surface area contributed by atoms with Crippen molar-refractivity contribution in [1.82, 2.24) is 9.03 Å². The van der Waals surface area contributed by atoms with Gasteiger partial charge in [0, 0.05) is 36.7 Å². The first-order valence-electron chi connectivity index (χ1n) is 10.1. The molecule has 1 atom stereocenters. The Morgan fingerprint density at radius 3 is 2.76 bits per heavy atom. The molecule has 1 aromatic carbocycles. The SMILES string of the molecule is CCOC(=O)CCN(SNCC(=O)Oc1cccc2c1OC(C)(C)C2)C(C)CC. The molecule has 1 aliphatic heterocycles. The minimum atomic E-state index is -0.395. The van der Waals surface area contributed by atoms with Crippen LogP contribution in [0.25, 0.3) is 0 Å². The zero-order chi connectivity index (χ0) is 21.4. The Labute approximate surface area is 177 Å². The van der Waals surface area contributed by atoms with Gasteiger partial charge in [-0.3, -0.25) is 9.59 Å². The van der Waals surface area contributed by atoms with Crippen LogP contribution in [0.15, 0.2) is 18.2 Å². The summed E-state index contributed by atoms with van der Waals surface area (Å²) in [7, 11) is 0. The van der Waals surface area contributed by atoms with Gasteiger partial charge < -0.3 is 14.2 Å². The van der Waals surface area contributed by atoms with Gasteiger partial charge in [0.2, 0.25) is 0 Å². The topological polar surface area (TPSA) is 77.1 Å². The van der Waals surface area contributed by atoms with Gasteiger partial charge in [-0.2, -0.15) is 0 Å². The maximum Gasteiger partial charge on any atom is 0.326 e. The molecule has 0 amide bonds. The minimum Gasteiger partial charge on any atom is -0.483 e. The van der Waals surface area contributed by atoms with Crippen LogP contribution in [0, 0.1) is 0 Å². The van der Waals surface area contributed by atoms with Crippen LogP contribution < -0.4 is 14.2 Å². The van der Waals surface area contributed by atoms with E-state index in [1.807, 2.05) is 30.3 Å². The zero-order valence-electron chi connectivity index (χ0n) is 17.9. The van der Waals surface area contributed by atoms with Crippen molar-refractivity contribution >= 4 is 24.1 Å². The van der Waals surface area contributed by atoms with E-state index in [1.54, 1.807) is 13.0 Å². The molecule has 0 fully saturated rings. The predicted octanol–water partition coefficient (Wildman–Crippen LogP) is 3.51. The Hall–Kier alpha value is -1.77. The Morgan fingerprint density at radius 1 is 1.31 bits per heavy atom. The maximum absolute atomic E-state index is 12.3. The Kier molecular flexibility index (Phi) is 8.79. The Balaban J connectivity index is 1.84. The molecule has 1 aromatic rings. The van der Waals surface area contributed by atoms with Crippen LogP contribution in [0.4, 0.5) is 0 Å². The van der Waals surface area contributed by atoms with E-state index >= 15 is 0 Å². The van der Waals surface area contributed by atoms with Gasteiger partial charge in [-0.25, -0.2) is 9.03 Å². The van der Waals surface area contributed by atoms with E-state index in [0.29, 0.717) is 31.1 Å². The van der Waals surface area contributed by atoms with E-state index in [2.05, 4.69) is 18.6 Å². The number of carbonyl (C=O) groups excluding carboxylic acids is 2. The number of fused-ring (bicyclic) bond motifs is 1. The predicted molar refractivity (Wildman–Crippen MR) is 114 cm³/mol. The molecular formula is C21H32N2O5S. The van der Waals surface area contributed by atoms with E-state index in [4.69, 9.17) is 14.2 Å². The number of esters is 2. The molecule has 0 saturated carbocycles. The highest BCUT2D eigenvalue weighted by molar-refractivity contribution is 7.95. The van der Waals surface area contributed by atoms with Gasteiger partial charge in [-0.15, -0.1) is 0 Å². The molecule has 2 rings (SSSR count). The van der Waals surface area contributed by atoms with Crippen molar-refractivity contribution in [3.8, 4) is 11.5 Å². The molecule has 0 aromatic heterocycles. The summed E-state index contributed by atoms with van der Waals surface area (Å²) in [6.45, 7) is 10.9. The number of ether oxygens (including phenoxy) is 3. The van der Waals surface area contributed by atoms with Gasteiger partial charge in [-0.05, 0) is 40.2 Å². The second-order valence-corrected chi connectivity index (χ2v) is 8.56. The summed E-state index contributed by atoms with van der Waals surface area (Å²) in [5.41, 5.74) is 0.749. The van der Waals surface area contributed by atoms with E-state index in [0.717, 1.165) is 18.4 Å². The van der Waals surface area contributed by atoms with Gasteiger partial charge in [0.15, 0.2) is 11.5 Å². The van der Waals surface area contributed by atoms with Gasteiger partial charge >= 0.3 is 11.9 Å². The van der Waals surface area contributed by atoms with Crippen molar-refractivity contribution in [2.45, 2.75) is 65.5 Å². The van der Waals surface area contributed by atoms with Crippen molar-refractivity contribution in [3.05, 3.63) is 23.8 Å². The first kappa shape index (κ1) is 23.5. The zero-order valence-corrected chi connectivity index (χ0v) is 18.8. The molecular weight excluding hydrogens is 392 g/mol. The normalized spacial score (nSPS) is 15.5. The van der Waals surface area contributed by atoms with Crippen LogP contribution in [0.3, 0.4) is 0 Å². The second kappa shape index (κ2) is 10.8. The van der Waals surface area contributed by atoms with Crippen molar-refractivity contribution in [3.63, 3.8) is 0 Å². The largest absolute Gasteiger partial charge is 0.483 e. The summed E-state index contributed by atoms with van der Waals surface area (Å²) in [5.74, 6) is 0.482. The fraction of sp³-hybridized carbons (Fsp3) is 0.619. The fourth-order valence-corrected chi connectivity index (χ4v) is 3.85. The van der Waals surface area contributed by atoms with Crippen LogP contribution in [0.1, 0.15) is 53.0 Å². The molecule has 0 spiro atoms. The number of rotatable bonds is 11. The molecule has 0 bridgehead atoms. The van der Waals surface area contributed by atoms with Gasteiger partial charge in [0.05, 0.1) is 13.0 Å². The number of para-hydroxylation sites is 1. The summed E-state index contributed by atoms with van der Waals surface area (Å²) < 4.78 is 21.5. The Bertz CT molecular complexity index is 710. The number of nitrogens with zero attached hydrogens (tertiary/aromatic N) is 1. The lowest BCUT2D eigenvalue weighted by atomic mass is 10.0. The number of hydrogen-bond donors (Lipinski definition) is 1. The molecule has 29 heavy (non-hydrogen) atoms. The molecule has 162 valence electrons. The van der Waals surface area contributed by atoms with Gasteiger partial charge in [-0.1, -0.05) is 19.1 Å². The molecule has 0 radical (unpaired) electrons. The molecule has 1 N–H and O–H groups in total. The highest BCUT2D eigenvalue weighted by atomic mass is 32.2. The Morgan fingerprint density at radius 2 is 2.07 bits per heavy atom. The standard InChI is InChI=1S/C21H32N2O5S/c1-6-15(3)23(12-11-18(24)26-7-2)29-22-14-19(25)27-17-10-8-9-16-13-21(4,5)28-20(16)17/h8-10,15,22H,6-7,11-14H2,1-5H3. The molecule has 1 unspecified atom stereocenters. The van der Waals surface area contributed by atoms with Crippen LogP contribution in [-0.4, -0.2) is 47.6 Å². The molecule has 0 aliphatic carbocycles. The average molecular weight is 425 g/mol. The monoisotopic (exact) mass is 424 g/mol. The summed E-state index contributed by atoms with van der Waals surface area (Å²) >= 11 is 1.32. The summed E-state index contributed by atoms with van der Waals surface area (Å²) in [6, 6.07) is 5.85. The number of carbonyl (C=O) groups is 2. The van der Waals surface area contributed by atoms with Crippen molar-refractivity contribution in [2.75, 3.05) is 19.7 Å². The van der Waals surface area contributed by atoms with Gasteiger partial charge in [0.1, 0.15) is 12.1 Å². The average Bonchev–Trinajstić information content (AvgIpc) is 2.99. The van der Waals surface area contributed by atoms with Crippen molar-refractivity contribution in [2.24, 2.45) is 0 Å². The molecule has 1 heterocycles. The molecule has 0 saturated heterocycles. The molecule has 8 heteroatoms. The van der Waals surface area contributed by atoms with Gasteiger partial charge in [0.25, 0.3) is 0 Å². The number of hydrogen-bond acceptors (Lipinski definition) is 8. The van der Waals surface area contributed by atoms with Crippen LogP contribution >= 0.6 is 12.1 Å². The van der Waals surface area contributed by atoms with Crippen molar-refractivity contribution in [1.29, 1.82) is 0 Å². The third kappa shape index (κ3) is 7.21. The molecule has 1 aliphatic rings. The smallest absolute Gasteiger partial charge is 0.326 e. The first-order valence-corrected chi connectivity index (χ1v) is 10.9. The number of benzene rings is 1. The van der Waals surface area contributed by atoms with E-state index in [1.165, 1.54) is 12.1 Å². The highest BCUT2D eigenvalue weighted by Gasteiger charge is 2.32. The third-order valence-corrected chi connectivity index (χ3v) is 5.65. The van der Waals surface area contributed by atoms with Crippen molar-refractivity contribution < 1.29 is 23.8 Å². The third-order valence-electron chi connectivity index (χ3n) is 4.60. The lowest BCUT2D eigenvalue weighted by molar-refractivity contribution is -0.143. The van der Waals surface area contributed by atoms with E-state index < -0.39 is 5.97 Å². The lowest BCUT2D eigenvalue weighted by Crippen LogP contribution is -2.33. The maximum atomic E-state index is 12.3. The van der Waals surface area contributed by atoms with Crippen LogP contribution in [-0.2, 0) is 20.7 Å². The number of nitrogens with one attached hydrogen (secondary N) is 1. The van der Waals surface area contributed by atoms with Crippen LogP contribution in [0.2, 0.25) is 0 Å². The second-order valence-electron chi connectivity index (χ2n) is 7.62. The lowest BCUT2D eigenvalue weighted by Gasteiger charge is -2.26. The van der Waals surface area contributed by atoms with E-state index in [-0.39, 0.29) is 24.2 Å². The highest BCUT2D eigenvalue weighted by Crippen LogP contribution is 2.41. The first-order chi connectivity index (χ1) is 13.8. The van der Waals surface area contributed by atoms with E-state index in [9.17, 15) is 9.59 Å². The van der Waals surface area contributed by atoms with Crippen LogP contribution in [0.5, 0.6) is 11.5 Å². The summed E-state index contributed by atoms with van der Waals surface area (Å²) in [6.07, 6.45) is 2.01. The summed E-state index contributed by atoms with van der Waals surface area (Å²) in [5, 5.41) is 0. The summed E-state index contributed by atoms with van der Waals surface area (Å²) in [4.78, 5) is 23.9. The molecule has 7 nitrogen and oxygen atoms in total. The minimum absolute atomic E-state index is 0.0318.